The molecule has 0 aliphatic carbocycles. The monoisotopic (exact) mass is 232 g/mol. The number of hydrogen-bond donors (Lipinski definition) is 0. The predicted molar refractivity (Wildman–Crippen MR) is 58.8 cm³/mol. The molecule has 0 saturated carbocycles. The van der Waals surface area contributed by atoms with Crippen molar-refractivity contribution in [2.24, 2.45) is 0 Å². The van der Waals surface area contributed by atoms with Crippen molar-refractivity contribution in [2.75, 3.05) is 25.5 Å². The highest BCUT2D eigenvalue weighted by Gasteiger charge is 2.30. The predicted octanol–water partition coefficient (Wildman–Crippen LogP) is 0.694. The fourth-order valence-corrected chi connectivity index (χ4v) is 2.21. The summed E-state index contributed by atoms with van der Waals surface area (Å²) in [5, 5.41) is 0. The average Bonchev–Trinajstić information content (AvgIpc) is 2.66. The highest BCUT2D eigenvalue weighted by atomic mass is 35.5. The van der Waals surface area contributed by atoms with Gasteiger partial charge in [-0.05, 0) is 13.3 Å². The van der Waals surface area contributed by atoms with Gasteiger partial charge in [-0.25, -0.2) is 0 Å². The van der Waals surface area contributed by atoms with E-state index in [0.29, 0.717) is 19.6 Å². The molecule has 0 N–H and O–H groups in total. The Hall–Kier alpha value is -0.770. The molecule has 0 radical (unpaired) electrons. The second kappa shape index (κ2) is 5.35. The lowest BCUT2D eigenvalue weighted by Gasteiger charge is -2.26. The zero-order chi connectivity index (χ0) is 11.4. The topological polar surface area (TPSA) is 40.6 Å². The lowest BCUT2D eigenvalue weighted by Crippen LogP contribution is -2.41. The van der Waals surface area contributed by atoms with Gasteiger partial charge in [0.2, 0.25) is 11.8 Å². The summed E-state index contributed by atoms with van der Waals surface area (Å²) in [5.74, 6) is 0.0558. The van der Waals surface area contributed by atoms with Gasteiger partial charge in [-0.1, -0.05) is 0 Å². The van der Waals surface area contributed by atoms with Gasteiger partial charge < -0.3 is 9.80 Å². The van der Waals surface area contributed by atoms with Gasteiger partial charge in [0.15, 0.2) is 0 Å². The van der Waals surface area contributed by atoms with Gasteiger partial charge >= 0.3 is 0 Å². The largest absolute Gasteiger partial charge is 0.340 e. The second-order valence-electron chi connectivity index (χ2n) is 3.72. The van der Waals surface area contributed by atoms with E-state index >= 15 is 0 Å². The van der Waals surface area contributed by atoms with Crippen molar-refractivity contribution in [1.29, 1.82) is 0 Å². The summed E-state index contributed by atoms with van der Waals surface area (Å²) in [6.45, 7) is 5.55. The summed E-state index contributed by atoms with van der Waals surface area (Å²) < 4.78 is 0. The van der Waals surface area contributed by atoms with Crippen LogP contribution in [0.25, 0.3) is 0 Å². The van der Waals surface area contributed by atoms with Crippen LogP contribution in [0.2, 0.25) is 0 Å². The zero-order valence-corrected chi connectivity index (χ0v) is 9.96. The molecule has 0 bridgehead atoms. The molecule has 15 heavy (non-hydrogen) atoms. The van der Waals surface area contributed by atoms with Gasteiger partial charge in [-0.15, -0.1) is 11.6 Å². The Bertz CT molecular complexity index is 258. The molecular formula is C10H17ClN2O2. The number of likely N-dealkylation sites (tertiary alicyclic amines) is 1. The minimum atomic E-state index is -0.0428. The molecule has 1 heterocycles. The van der Waals surface area contributed by atoms with Crippen LogP contribution in [0.15, 0.2) is 0 Å². The summed E-state index contributed by atoms with van der Waals surface area (Å²) in [7, 11) is 0. The summed E-state index contributed by atoms with van der Waals surface area (Å²) >= 11 is 5.48. The molecule has 0 aromatic rings. The highest BCUT2D eigenvalue weighted by Crippen LogP contribution is 2.16. The van der Waals surface area contributed by atoms with Crippen LogP contribution in [0.1, 0.15) is 20.3 Å². The number of rotatable bonds is 3. The summed E-state index contributed by atoms with van der Waals surface area (Å²) in [4.78, 5) is 26.2. The number of amides is 2. The van der Waals surface area contributed by atoms with Gasteiger partial charge in [0.1, 0.15) is 5.88 Å². The van der Waals surface area contributed by atoms with E-state index in [0.717, 1.165) is 6.42 Å². The maximum absolute atomic E-state index is 11.3. The Morgan fingerprint density at radius 1 is 1.53 bits per heavy atom. The van der Waals surface area contributed by atoms with Gasteiger partial charge in [0.25, 0.3) is 0 Å². The number of halogens is 1. The van der Waals surface area contributed by atoms with E-state index in [9.17, 15) is 9.59 Å². The van der Waals surface area contributed by atoms with Crippen molar-refractivity contribution in [3.05, 3.63) is 0 Å². The molecule has 5 heteroatoms. The highest BCUT2D eigenvalue weighted by molar-refractivity contribution is 6.27. The molecular weight excluding hydrogens is 216 g/mol. The summed E-state index contributed by atoms with van der Waals surface area (Å²) in [5.41, 5.74) is 0. The van der Waals surface area contributed by atoms with E-state index in [-0.39, 0.29) is 23.7 Å². The number of nitrogens with zero attached hydrogens (tertiary/aromatic N) is 2. The average molecular weight is 233 g/mol. The molecule has 1 fully saturated rings. The third-order valence-corrected chi connectivity index (χ3v) is 3.04. The van der Waals surface area contributed by atoms with Gasteiger partial charge in [0, 0.05) is 26.6 Å². The van der Waals surface area contributed by atoms with E-state index in [2.05, 4.69) is 0 Å². The lowest BCUT2D eigenvalue weighted by atomic mass is 10.2. The Kier molecular flexibility index (Phi) is 4.39. The number of carbonyl (C=O) groups excluding carboxylic acids is 2. The molecule has 2 amide bonds. The van der Waals surface area contributed by atoms with Crippen molar-refractivity contribution in [2.45, 2.75) is 26.3 Å². The standard InChI is InChI=1S/C10H17ClN2O2/c1-3-13(8(2)14)9-4-5-12(7-9)10(15)6-11/h9H,3-7H2,1-2H3/t9-/m0/s1. The first kappa shape index (κ1) is 12.3. The van der Waals surface area contributed by atoms with E-state index < -0.39 is 0 Å². The maximum atomic E-state index is 11.3. The molecule has 1 aliphatic rings. The number of alkyl halides is 1. The number of carbonyl (C=O) groups is 2. The van der Waals surface area contributed by atoms with Crippen LogP contribution in [0.3, 0.4) is 0 Å². The second-order valence-corrected chi connectivity index (χ2v) is 3.99. The van der Waals surface area contributed by atoms with Gasteiger partial charge in [-0.2, -0.15) is 0 Å². The normalized spacial score (nSPS) is 20.5. The first-order valence-corrected chi connectivity index (χ1v) is 5.74. The molecule has 0 unspecified atom stereocenters. The Morgan fingerprint density at radius 3 is 2.67 bits per heavy atom. The molecule has 1 aliphatic heterocycles. The van der Waals surface area contributed by atoms with Gasteiger partial charge in [0.05, 0.1) is 6.04 Å². The Labute approximate surface area is 95.2 Å². The van der Waals surface area contributed by atoms with Crippen LogP contribution in [0, 0.1) is 0 Å². The van der Waals surface area contributed by atoms with Crippen LogP contribution in [0.4, 0.5) is 0 Å². The van der Waals surface area contributed by atoms with E-state index in [1.807, 2.05) is 11.8 Å². The molecule has 86 valence electrons. The molecule has 0 aromatic heterocycles. The molecule has 1 atom stereocenters. The summed E-state index contributed by atoms with van der Waals surface area (Å²) in [6, 6.07) is 0.166. The van der Waals surface area contributed by atoms with Crippen LogP contribution in [-0.4, -0.2) is 53.2 Å². The zero-order valence-electron chi connectivity index (χ0n) is 9.20. The molecule has 4 nitrogen and oxygen atoms in total. The smallest absolute Gasteiger partial charge is 0.237 e. The van der Waals surface area contributed by atoms with Crippen molar-refractivity contribution >= 4 is 23.4 Å². The molecule has 1 rings (SSSR count). The van der Waals surface area contributed by atoms with Crippen molar-refractivity contribution in [3.8, 4) is 0 Å². The minimum Gasteiger partial charge on any atom is -0.340 e. The quantitative estimate of drug-likeness (QED) is 0.672. The first-order valence-electron chi connectivity index (χ1n) is 5.21. The van der Waals surface area contributed by atoms with Crippen molar-refractivity contribution in [1.82, 2.24) is 9.80 Å². The van der Waals surface area contributed by atoms with Crippen molar-refractivity contribution in [3.63, 3.8) is 0 Å². The number of hydrogen-bond acceptors (Lipinski definition) is 2. The van der Waals surface area contributed by atoms with E-state index in [4.69, 9.17) is 11.6 Å². The third-order valence-electron chi connectivity index (χ3n) is 2.82. The Morgan fingerprint density at radius 2 is 2.20 bits per heavy atom. The molecule has 1 saturated heterocycles. The Balaban J connectivity index is 2.54. The third kappa shape index (κ3) is 2.84. The first-order chi connectivity index (χ1) is 7.10. The van der Waals surface area contributed by atoms with E-state index in [1.165, 1.54) is 0 Å². The van der Waals surface area contributed by atoms with Crippen LogP contribution in [0.5, 0.6) is 0 Å². The fraction of sp³-hybridized carbons (Fsp3) is 0.800. The number of likely N-dealkylation sites (N-methyl/N-ethyl adjacent to an activating group) is 1. The summed E-state index contributed by atoms with van der Waals surface area (Å²) in [6.07, 6.45) is 0.857. The van der Waals surface area contributed by atoms with E-state index in [1.54, 1.807) is 11.8 Å². The van der Waals surface area contributed by atoms with Crippen LogP contribution < -0.4 is 0 Å². The molecule has 0 spiro atoms. The molecule has 0 aromatic carbocycles. The SMILES string of the molecule is CCN(C(C)=O)[C@H]1CCN(C(=O)CCl)C1. The van der Waals surface area contributed by atoms with Crippen molar-refractivity contribution < 1.29 is 9.59 Å². The maximum Gasteiger partial charge on any atom is 0.237 e. The fourth-order valence-electron chi connectivity index (χ4n) is 2.05. The van der Waals surface area contributed by atoms with Crippen LogP contribution in [-0.2, 0) is 9.59 Å². The van der Waals surface area contributed by atoms with Crippen LogP contribution >= 0.6 is 11.6 Å². The van der Waals surface area contributed by atoms with Gasteiger partial charge in [-0.3, -0.25) is 9.59 Å². The minimum absolute atomic E-state index is 0.0267. The lowest BCUT2D eigenvalue weighted by molar-refractivity contribution is -0.132.